The van der Waals surface area contributed by atoms with E-state index in [9.17, 15) is 52.7 Å². The zero-order valence-electron chi connectivity index (χ0n) is 32.7. The van der Waals surface area contributed by atoms with E-state index in [-0.39, 0.29) is 0 Å². The number of halogens is 20. The van der Waals surface area contributed by atoms with Crippen LogP contribution in [0.2, 0.25) is 0 Å². The zero-order chi connectivity index (χ0) is 49.8. The minimum Gasteiger partial charge on any atom is -0.231 e. The van der Waals surface area contributed by atoms with Crippen LogP contribution in [-0.2, 0) is 0 Å². The average Bonchev–Trinajstić information content (AvgIpc) is 3.34. The number of pyridine rings is 1. The lowest BCUT2D eigenvalue weighted by Crippen LogP contribution is -2.81. The Hall–Kier alpha value is -7.59. The molecule has 0 aliphatic carbocycles. The summed E-state index contributed by atoms with van der Waals surface area (Å²) in [6.45, 7) is 0. The van der Waals surface area contributed by atoms with Gasteiger partial charge >= 0.3 is 0 Å². The Balaban J connectivity index is 0.000000246. The van der Waals surface area contributed by atoms with Gasteiger partial charge in [-0.1, -0.05) is 54.6 Å². The van der Waals surface area contributed by atoms with E-state index >= 15 is 35.1 Å². The number of hydrogen-bond acceptors (Lipinski definition) is 1. The highest BCUT2D eigenvalue weighted by molar-refractivity contribution is 7.20. The summed E-state index contributed by atoms with van der Waals surface area (Å²) in [6.07, 6.45) is -5.29. The van der Waals surface area contributed by atoms with E-state index in [2.05, 4.69) is 36.4 Å². The summed E-state index contributed by atoms with van der Waals surface area (Å²) in [5.74, 6) is -70.6. The van der Waals surface area contributed by atoms with Crippen LogP contribution in [0.15, 0.2) is 97.2 Å². The van der Waals surface area contributed by atoms with Crippen LogP contribution in [0.4, 0.5) is 87.8 Å². The van der Waals surface area contributed by atoms with Gasteiger partial charge in [0.2, 0.25) is 11.9 Å². The predicted molar refractivity (Wildman–Crippen MR) is 201 cm³/mol. The molecule has 0 spiro atoms. The van der Waals surface area contributed by atoms with E-state index in [0.717, 1.165) is 16.7 Å². The van der Waals surface area contributed by atoms with Gasteiger partial charge in [0.15, 0.2) is 69.8 Å². The first-order valence-corrected chi connectivity index (χ1v) is 18.6. The molecule has 0 aliphatic heterocycles. The van der Waals surface area contributed by atoms with Crippen LogP contribution in [-0.4, -0.2) is 6.15 Å². The summed E-state index contributed by atoms with van der Waals surface area (Å²) in [5.41, 5.74) is -10.9. The summed E-state index contributed by atoms with van der Waals surface area (Å²) in [6, 6.07) is 30.7. The molecule has 0 N–H and O–H groups in total. The zero-order valence-corrected chi connectivity index (χ0v) is 32.7. The van der Waals surface area contributed by atoms with Gasteiger partial charge in [-0.25, -0.2) is 92.6 Å². The van der Waals surface area contributed by atoms with Crippen molar-refractivity contribution in [1.29, 1.82) is 0 Å². The number of benzene rings is 7. The molecule has 0 atom stereocenters. The molecular weight excluding hydrogens is 961 g/mol. The number of nitrogens with zero attached hydrogens (tertiary/aromatic N) is 1. The average molecular weight is 977 g/mol. The van der Waals surface area contributed by atoms with Crippen molar-refractivity contribution in [3.8, 4) is 16.9 Å². The van der Waals surface area contributed by atoms with Crippen LogP contribution in [0.1, 0.15) is 0 Å². The molecule has 8 aromatic rings. The van der Waals surface area contributed by atoms with E-state index in [1.165, 1.54) is 11.1 Å². The van der Waals surface area contributed by atoms with Gasteiger partial charge in [-0.05, 0) is 35.4 Å². The van der Waals surface area contributed by atoms with Gasteiger partial charge in [-0.3, -0.25) is 0 Å². The molecule has 2 nitrogen and oxygen atoms in total. The Morgan fingerprint density at radius 1 is 0.279 bits per heavy atom. The summed E-state index contributed by atoms with van der Waals surface area (Å²) in [7, 11) is 0. The molecule has 0 unspecified atom stereocenters. The van der Waals surface area contributed by atoms with Crippen LogP contribution in [0.5, 0.6) is 5.75 Å². The number of fused-ring (bicyclic) bond motifs is 1. The second kappa shape index (κ2) is 18.2. The number of rotatable bonds is 7. The molecule has 0 saturated carbocycles. The quantitative estimate of drug-likeness (QED) is 0.0510. The fourth-order valence-corrected chi connectivity index (χ4v) is 7.54. The van der Waals surface area contributed by atoms with Gasteiger partial charge in [0.1, 0.15) is 52.7 Å². The van der Waals surface area contributed by atoms with Gasteiger partial charge in [0, 0.05) is 16.9 Å². The van der Waals surface area contributed by atoms with Crippen molar-refractivity contribution in [2.75, 3.05) is 0 Å². The monoisotopic (exact) mass is 977 g/mol. The number of hydrogen-bond donors (Lipinski definition) is 0. The Morgan fingerprint density at radius 2 is 0.559 bits per heavy atom. The largest absolute Gasteiger partial charge is 0.265 e. The summed E-state index contributed by atoms with van der Waals surface area (Å²) in [4.78, 5) is 6.00. The molecule has 68 heavy (non-hydrogen) atoms. The molecule has 23 heteroatoms. The third-order valence-electron chi connectivity index (χ3n) is 10.5. The second-order valence-electron chi connectivity index (χ2n) is 14.2. The van der Waals surface area contributed by atoms with E-state index < -0.39 is 144 Å². The fourth-order valence-electron chi connectivity index (χ4n) is 7.54. The molecule has 0 bridgehead atoms. The van der Waals surface area contributed by atoms with Gasteiger partial charge in [0.05, 0.1) is 5.39 Å². The smallest absolute Gasteiger partial charge is 0.231 e. The first-order chi connectivity index (χ1) is 32.1. The van der Waals surface area contributed by atoms with Gasteiger partial charge < -0.3 is 0 Å². The maximum absolute atomic E-state index is 15.4. The van der Waals surface area contributed by atoms with Crippen molar-refractivity contribution in [3.63, 3.8) is 0 Å². The van der Waals surface area contributed by atoms with Crippen LogP contribution in [0, 0.1) is 116 Å². The molecule has 350 valence electrons. The first kappa shape index (κ1) is 48.4. The fraction of sp³-hybridized carbons (Fsp3) is 0. The van der Waals surface area contributed by atoms with Crippen molar-refractivity contribution in [2.24, 2.45) is 0 Å². The van der Waals surface area contributed by atoms with E-state index in [0.29, 0.717) is 0 Å². The summed E-state index contributed by atoms with van der Waals surface area (Å²) in [5, 5.41) is 1.15. The minimum absolute atomic E-state index is 0.811. The Labute approximate surface area is 366 Å². The molecule has 0 saturated heterocycles. The highest BCUT2D eigenvalue weighted by atomic mass is 19.2. The lowest BCUT2D eigenvalue weighted by Gasteiger charge is -2.44. The third kappa shape index (κ3) is 7.58. The first-order valence-electron chi connectivity index (χ1n) is 18.6. The van der Waals surface area contributed by atoms with Crippen LogP contribution < -0.4 is 31.4 Å². The Kier molecular flexibility index (Phi) is 13.0. The Morgan fingerprint density at radius 3 is 0.912 bits per heavy atom. The number of aromatic nitrogens is 1. The van der Waals surface area contributed by atoms with Crippen molar-refractivity contribution in [3.05, 3.63) is 214 Å². The van der Waals surface area contributed by atoms with Crippen LogP contribution in [0.25, 0.3) is 22.0 Å². The highest BCUT2D eigenvalue weighted by Gasteiger charge is 2.52. The standard InChI is InChI=1S/C24BF20.C21H16NO/c26-5-1(6(27)14(35)21(42)13(5)34)25(2-7(28)15(36)22(43)16(37)8(2)29,3-9(30)17(38)23(44)18(39)10(3)31)4-11(32)19(40)24(45)20(41)12(4)33;1-2-7-17(8-3-1)18-12-14-20(15-13-18)23-22-16-6-10-19-9-4-5-11-21(19)22/h;1-16H/q-1;+1. The minimum atomic E-state index is -7.22. The molecule has 0 fully saturated rings. The van der Waals surface area contributed by atoms with Gasteiger partial charge in [-0.2, -0.15) is 0 Å². The van der Waals surface area contributed by atoms with E-state index in [4.69, 9.17) is 4.84 Å². The molecule has 0 aliphatic rings. The van der Waals surface area contributed by atoms with Crippen molar-refractivity contribution in [1.82, 2.24) is 0 Å². The van der Waals surface area contributed by atoms with Crippen molar-refractivity contribution in [2.45, 2.75) is 0 Å². The van der Waals surface area contributed by atoms with Crippen LogP contribution >= 0.6 is 0 Å². The lowest BCUT2D eigenvalue weighted by atomic mass is 9.12. The summed E-state index contributed by atoms with van der Waals surface area (Å²) < 4.78 is 296. The molecule has 0 amide bonds. The van der Waals surface area contributed by atoms with E-state index in [1.54, 1.807) is 4.73 Å². The molecule has 1 heterocycles. The van der Waals surface area contributed by atoms with Gasteiger partial charge in [-0.15, -0.1) is 21.9 Å². The maximum atomic E-state index is 15.4. The normalized spacial score (nSPS) is 11.5. The number of para-hydroxylation sites is 1. The van der Waals surface area contributed by atoms with Gasteiger partial charge in [0.25, 0.3) is 5.52 Å². The van der Waals surface area contributed by atoms with E-state index in [1.807, 2.05) is 60.8 Å². The Bertz CT molecular complexity index is 2930. The summed E-state index contributed by atoms with van der Waals surface area (Å²) >= 11 is 0. The van der Waals surface area contributed by atoms with Crippen molar-refractivity contribution < 1.29 is 97.4 Å². The van der Waals surface area contributed by atoms with Crippen molar-refractivity contribution >= 4 is 38.9 Å². The topological polar surface area (TPSA) is 13.1 Å². The maximum Gasteiger partial charge on any atom is 0.265 e. The molecular formula is C45H16BF20NO. The van der Waals surface area contributed by atoms with Crippen LogP contribution in [0.3, 0.4) is 0 Å². The molecule has 8 rings (SSSR count). The second-order valence-corrected chi connectivity index (χ2v) is 14.2. The third-order valence-corrected chi connectivity index (χ3v) is 10.5. The lowest BCUT2D eigenvalue weighted by molar-refractivity contribution is -0.854. The molecule has 1 aromatic heterocycles. The highest BCUT2D eigenvalue weighted by Crippen LogP contribution is 2.31. The SMILES string of the molecule is Fc1c(F)c(F)c([B-](c2c(F)c(F)c(F)c(F)c2F)(c2c(F)c(F)c(F)c(F)c2F)c2c(F)c(F)c(F)c(F)c2F)c(F)c1F.c1ccc(-c2ccc(O[n+]3cccc4ccccc43)cc2)cc1. The molecule has 7 aromatic carbocycles. The molecule has 0 radical (unpaired) electrons. The predicted octanol–water partition coefficient (Wildman–Crippen LogP) is 10.5.